The normalized spacial score (nSPS) is 16.6. The fourth-order valence-electron chi connectivity index (χ4n) is 2.45. The van der Waals surface area contributed by atoms with Crippen LogP contribution in [0.4, 0.5) is 5.69 Å². The predicted molar refractivity (Wildman–Crippen MR) is 89.2 cm³/mol. The molecule has 0 aromatic heterocycles. The maximum atomic E-state index is 12.5. The van der Waals surface area contributed by atoms with Crippen molar-refractivity contribution in [3.8, 4) is 0 Å². The maximum Gasteiger partial charge on any atom is 0.232 e. The fourth-order valence-corrected chi connectivity index (χ4v) is 2.45. The van der Waals surface area contributed by atoms with Gasteiger partial charge in [-0.2, -0.15) is 0 Å². The summed E-state index contributed by atoms with van der Waals surface area (Å²) in [6, 6.07) is 7.72. The van der Waals surface area contributed by atoms with E-state index >= 15 is 0 Å². The zero-order valence-corrected chi connectivity index (χ0v) is 13.8. The van der Waals surface area contributed by atoms with Crippen LogP contribution in [0.15, 0.2) is 24.3 Å². The molecule has 1 amide bonds. The van der Waals surface area contributed by atoms with Crippen molar-refractivity contribution in [1.29, 1.82) is 0 Å². The molecule has 1 aromatic rings. The van der Waals surface area contributed by atoms with Gasteiger partial charge in [-0.1, -0.05) is 12.1 Å². The van der Waals surface area contributed by atoms with E-state index in [1.807, 2.05) is 31.2 Å². The fraction of sp³-hybridized carbons (Fsp3) is 0.562. The molecule has 22 heavy (non-hydrogen) atoms. The third-order valence-electron chi connectivity index (χ3n) is 4.01. The van der Waals surface area contributed by atoms with Crippen LogP contribution in [-0.2, 0) is 20.9 Å². The van der Waals surface area contributed by atoms with E-state index in [-0.39, 0.29) is 18.3 Å². The molecule has 0 saturated carbocycles. The summed E-state index contributed by atoms with van der Waals surface area (Å²) in [6.45, 7) is 4.80. The Hall–Kier alpha value is -1.14. The molecule has 1 aliphatic rings. The first-order valence-corrected chi connectivity index (χ1v) is 7.46. The van der Waals surface area contributed by atoms with Crippen molar-refractivity contribution in [2.24, 2.45) is 11.1 Å². The van der Waals surface area contributed by atoms with Crippen LogP contribution in [0.25, 0.3) is 0 Å². The number of rotatable bonds is 6. The summed E-state index contributed by atoms with van der Waals surface area (Å²) >= 11 is 0. The number of benzene rings is 1. The van der Waals surface area contributed by atoms with E-state index in [4.69, 9.17) is 15.2 Å². The van der Waals surface area contributed by atoms with Crippen molar-refractivity contribution in [1.82, 2.24) is 0 Å². The Morgan fingerprint density at radius 1 is 1.32 bits per heavy atom. The average Bonchev–Trinajstić information content (AvgIpc) is 2.54. The third kappa shape index (κ3) is 4.68. The Balaban J connectivity index is 0.00000242. The zero-order chi connectivity index (χ0) is 15.1. The lowest BCUT2D eigenvalue weighted by Gasteiger charge is -2.34. The van der Waals surface area contributed by atoms with E-state index in [9.17, 15) is 4.79 Å². The minimum atomic E-state index is -0.498. The minimum Gasteiger partial charge on any atom is -0.381 e. The van der Waals surface area contributed by atoms with Crippen molar-refractivity contribution >= 4 is 24.0 Å². The molecule has 1 aromatic carbocycles. The highest BCUT2D eigenvalue weighted by molar-refractivity contribution is 5.95. The SMILES string of the molecule is CCOCc1ccc(NC(=O)C2(CN)CCOCC2)cc1.Cl. The van der Waals surface area contributed by atoms with E-state index in [0.717, 1.165) is 11.3 Å². The largest absolute Gasteiger partial charge is 0.381 e. The number of carbonyl (C=O) groups excluding carboxylic acids is 1. The second-order valence-corrected chi connectivity index (χ2v) is 5.39. The molecular weight excluding hydrogens is 304 g/mol. The topological polar surface area (TPSA) is 73.6 Å². The summed E-state index contributed by atoms with van der Waals surface area (Å²) in [5.74, 6) is -0.00846. The van der Waals surface area contributed by atoms with E-state index < -0.39 is 5.41 Å². The van der Waals surface area contributed by atoms with Gasteiger partial charge in [-0.15, -0.1) is 12.4 Å². The van der Waals surface area contributed by atoms with Gasteiger partial charge in [0.05, 0.1) is 12.0 Å². The molecule has 3 N–H and O–H groups in total. The monoisotopic (exact) mass is 328 g/mol. The first-order valence-electron chi connectivity index (χ1n) is 7.46. The first-order chi connectivity index (χ1) is 10.2. The lowest BCUT2D eigenvalue weighted by atomic mass is 9.79. The van der Waals surface area contributed by atoms with Gasteiger partial charge in [0.15, 0.2) is 0 Å². The van der Waals surface area contributed by atoms with Crippen LogP contribution < -0.4 is 11.1 Å². The van der Waals surface area contributed by atoms with E-state index in [1.54, 1.807) is 0 Å². The van der Waals surface area contributed by atoms with Crippen molar-refractivity contribution in [3.05, 3.63) is 29.8 Å². The molecule has 0 bridgehead atoms. The number of hydrogen-bond donors (Lipinski definition) is 2. The highest BCUT2D eigenvalue weighted by Gasteiger charge is 2.38. The lowest BCUT2D eigenvalue weighted by molar-refractivity contribution is -0.130. The molecule has 1 heterocycles. The Morgan fingerprint density at radius 3 is 2.50 bits per heavy atom. The van der Waals surface area contributed by atoms with Gasteiger partial charge in [0.1, 0.15) is 0 Å². The number of anilines is 1. The molecule has 1 fully saturated rings. The van der Waals surface area contributed by atoms with Gasteiger partial charge in [-0.25, -0.2) is 0 Å². The van der Waals surface area contributed by atoms with Crippen LogP contribution in [0.1, 0.15) is 25.3 Å². The number of halogens is 1. The van der Waals surface area contributed by atoms with Gasteiger partial charge >= 0.3 is 0 Å². The highest BCUT2D eigenvalue weighted by atomic mass is 35.5. The Morgan fingerprint density at radius 2 is 1.95 bits per heavy atom. The van der Waals surface area contributed by atoms with Gasteiger partial charge in [0.25, 0.3) is 0 Å². The zero-order valence-electron chi connectivity index (χ0n) is 13.0. The minimum absolute atomic E-state index is 0. The van der Waals surface area contributed by atoms with Crippen molar-refractivity contribution in [3.63, 3.8) is 0 Å². The Bertz CT molecular complexity index is 459. The van der Waals surface area contributed by atoms with Gasteiger partial charge in [-0.05, 0) is 37.5 Å². The second-order valence-electron chi connectivity index (χ2n) is 5.39. The van der Waals surface area contributed by atoms with E-state index in [0.29, 0.717) is 45.8 Å². The standard InChI is InChI=1S/C16H24N2O3.ClH/c1-2-20-11-13-3-5-14(6-4-13)18-15(19)16(12-17)7-9-21-10-8-16;/h3-6H,2,7-12,17H2,1H3,(H,18,19);1H. The number of amides is 1. The second kappa shape index (κ2) is 9.10. The molecule has 0 aliphatic carbocycles. The van der Waals surface area contributed by atoms with Crippen LogP contribution in [-0.4, -0.2) is 32.3 Å². The number of nitrogens with one attached hydrogen (secondary N) is 1. The van der Waals surface area contributed by atoms with E-state index in [2.05, 4.69) is 5.32 Å². The molecule has 2 rings (SSSR count). The van der Waals surface area contributed by atoms with Crippen molar-refractivity contribution in [2.45, 2.75) is 26.4 Å². The summed E-state index contributed by atoms with van der Waals surface area (Å²) < 4.78 is 10.7. The number of hydrogen-bond acceptors (Lipinski definition) is 4. The predicted octanol–water partition coefficient (Wildman–Crippen LogP) is 2.34. The molecule has 1 aliphatic heterocycles. The van der Waals surface area contributed by atoms with Gasteiger partial charge < -0.3 is 20.5 Å². The quantitative estimate of drug-likeness (QED) is 0.840. The summed E-state index contributed by atoms with van der Waals surface area (Å²) in [5, 5.41) is 2.97. The smallest absolute Gasteiger partial charge is 0.232 e. The Kier molecular flexibility index (Phi) is 7.82. The number of ether oxygens (including phenoxy) is 2. The molecule has 5 nitrogen and oxygen atoms in total. The molecule has 0 spiro atoms. The van der Waals surface area contributed by atoms with Gasteiger partial charge in [0.2, 0.25) is 5.91 Å². The molecule has 124 valence electrons. The maximum absolute atomic E-state index is 12.5. The molecule has 1 saturated heterocycles. The highest BCUT2D eigenvalue weighted by Crippen LogP contribution is 2.30. The lowest BCUT2D eigenvalue weighted by Crippen LogP contribution is -2.46. The Labute approximate surface area is 138 Å². The number of nitrogens with two attached hydrogens (primary N) is 1. The molecular formula is C16H25ClN2O3. The van der Waals surface area contributed by atoms with Gasteiger partial charge in [-0.3, -0.25) is 4.79 Å². The average molecular weight is 329 g/mol. The van der Waals surface area contributed by atoms with Crippen LogP contribution in [0, 0.1) is 5.41 Å². The van der Waals surface area contributed by atoms with E-state index in [1.165, 1.54) is 0 Å². The van der Waals surface area contributed by atoms with Crippen molar-refractivity contribution in [2.75, 3.05) is 31.7 Å². The molecule has 0 atom stereocenters. The van der Waals surface area contributed by atoms with Crippen LogP contribution >= 0.6 is 12.4 Å². The first kappa shape index (κ1) is 18.9. The summed E-state index contributed by atoms with van der Waals surface area (Å²) in [7, 11) is 0. The summed E-state index contributed by atoms with van der Waals surface area (Å²) in [6.07, 6.45) is 1.36. The molecule has 6 heteroatoms. The third-order valence-corrected chi connectivity index (χ3v) is 4.01. The molecule has 0 radical (unpaired) electrons. The molecule has 0 unspecified atom stereocenters. The van der Waals surface area contributed by atoms with Gasteiger partial charge in [0, 0.05) is 32.1 Å². The van der Waals surface area contributed by atoms with Crippen molar-refractivity contribution < 1.29 is 14.3 Å². The van der Waals surface area contributed by atoms with Crippen LogP contribution in [0.3, 0.4) is 0 Å². The summed E-state index contributed by atoms with van der Waals surface area (Å²) in [4.78, 5) is 12.5. The number of carbonyl (C=O) groups is 1. The van der Waals surface area contributed by atoms with Crippen LogP contribution in [0.2, 0.25) is 0 Å². The summed E-state index contributed by atoms with van der Waals surface area (Å²) in [5.41, 5.74) is 7.22. The van der Waals surface area contributed by atoms with Crippen LogP contribution in [0.5, 0.6) is 0 Å².